The molecule has 0 radical (unpaired) electrons. The monoisotopic (exact) mass is 265 g/mol. The minimum absolute atomic E-state index is 0.0687. The van der Waals surface area contributed by atoms with E-state index in [1.54, 1.807) is 32.4 Å². The number of carboxylic acid groups (broad SMARTS) is 1. The largest absolute Gasteiger partial charge is 0.497 e. The Hall–Kier alpha value is -2.04. The molecule has 0 unspecified atom stereocenters. The summed E-state index contributed by atoms with van der Waals surface area (Å²) in [6, 6.07) is 5.27. The minimum atomic E-state index is -0.846. The number of nitrogens with zero attached hydrogens (tertiary/aromatic N) is 1. The molecular formula is C14H19NO4. The molecule has 0 saturated heterocycles. The highest BCUT2D eigenvalue weighted by Gasteiger charge is 2.14. The van der Waals surface area contributed by atoms with Gasteiger partial charge < -0.3 is 14.7 Å². The molecule has 0 aliphatic heterocycles. The Morgan fingerprint density at radius 2 is 2.05 bits per heavy atom. The van der Waals surface area contributed by atoms with Crippen molar-refractivity contribution in [3.8, 4) is 5.75 Å². The Kier molecular flexibility index (Phi) is 5.36. The number of amides is 1. The molecule has 0 heterocycles. The highest BCUT2D eigenvalue weighted by Crippen LogP contribution is 2.18. The summed E-state index contributed by atoms with van der Waals surface area (Å²) in [6.45, 7) is 2.28. The van der Waals surface area contributed by atoms with Crippen LogP contribution in [0.3, 0.4) is 0 Å². The number of hydrogen-bond acceptors (Lipinski definition) is 3. The van der Waals surface area contributed by atoms with Crippen molar-refractivity contribution in [2.45, 2.75) is 19.8 Å². The minimum Gasteiger partial charge on any atom is -0.497 e. The van der Waals surface area contributed by atoms with Crippen molar-refractivity contribution < 1.29 is 19.4 Å². The molecule has 0 saturated carbocycles. The van der Waals surface area contributed by atoms with Gasteiger partial charge in [0.25, 0.3) is 5.91 Å². The van der Waals surface area contributed by atoms with Crippen LogP contribution in [0.1, 0.15) is 28.8 Å². The van der Waals surface area contributed by atoms with E-state index in [0.29, 0.717) is 24.3 Å². The third-order valence-corrected chi connectivity index (χ3v) is 2.89. The first kappa shape index (κ1) is 15.0. The number of ether oxygens (including phenoxy) is 1. The average Bonchev–Trinajstić information content (AvgIpc) is 2.37. The van der Waals surface area contributed by atoms with Crippen molar-refractivity contribution in [1.29, 1.82) is 0 Å². The number of methoxy groups -OCH3 is 1. The van der Waals surface area contributed by atoms with E-state index in [1.165, 1.54) is 4.90 Å². The van der Waals surface area contributed by atoms with Crippen LogP contribution in [0.5, 0.6) is 5.75 Å². The molecule has 1 aromatic rings. The summed E-state index contributed by atoms with van der Waals surface area (Å²) >= 11 is 0. The Balaban J connectivity index is 2.68. The van der Waals surface area contributed by atoms with Crippen LogP contribution in [0.15, 0.2) is 18.2 Å². The van der Waals surface area contributed by atoms with Crippen LogP contribution in [0.2, 0.25) is 0 Å². The van der Waals surface area contributed by atoms with Crippen LogP contribution in [0.4, 0.5) is 0 Å². The Bertz CT molecular complexity index is 471. The lowest BCUT2D eigenvalue weighted by molar-refractivity contribution is -0.137. The predicted octanol–water partition coefficient (Wildman–Crippen LogP) is 1.94. The van der Waals surface area contributed by atoms with Crippen LogP contribution in [-0.4, -0.2) is 42.6 Å². The number of rotatable bonds is 6. The van der Waals surface area contributed by atoms with E-state index in [-0.39, 0.29) is 12.3 Å². The highest BCUT2D eigenvalue weighted by molar-refractivity contribution is 5.95. The van der Waals surface area contributed by atoms with E-state index < -0.39 is 5.97 Å². The second kappa shape index (κ2) is 6.78. The maximum atomic E-state index is 12.2. The summed E-state index contributed by atoms with van der Waals surface area (Å²) in [6.07, 6.45) is 0.520. The van der Waals surface area contributed by atoms with Crippen molar-refractivity contribution in [2.24, 2.45) is 0 Å². The lowest BCUT2D eigenvalue weighted by atomic mass is 10.1. The molecule has 1 amide bonds. The molecule has 0 aliphatic rings. The molecule has 19 heavy (non-hydrogen) atoms. The summed E-state index contributed by atoms with van der Waals surface area (Å²) in [4.78, 5) is 24.1. The molecule has 0 spiro atoms. The normalized spacial score (nSPS) is 10.1. The van der Waals surface area contributed by atoms with Gasteiger partial charge in [0.2, 0.25) is 0 Å². The molecule has 0 aromatic heterocycles. The number of aliphatic carboxylic acids is 1. The second-order valence-electron chi connectivity index (χ2n) is 4.40. The first-order valence-corrected chi connectivity index (χ1v) is 6.07. The van der Waals surface area contributed by atoms with Crippen LogP contribution in [-0.2, 0) is 4.79 Å². The molecule has 1 aromatic carbocycles. The van der Waals surface area contributed by atoms with Crippen molar-refractivity contribution in [1.82, 2.24) is 4.90 Å². The van der Waals surface area contributed by atoms with Crippen molar-refractivity contribution in [3.05, 3.63) is 29.3 Å². The van der Waals surface area contributed by atoms with Gasteiger partial charge in [-0.3, -0.25) is 9.59 Å². The van der Waals surface area contributed by atoms with Gasteiger partial charge in [0.05, 0.1) is 7.11 Å². The number of carbonyl (C=O) groups excluding carboxylic acids is 1. The zero-order valence-corrected chi connectivity index (χ0v) is 11.5. The van der Waals surface area contributed by atoms with Gasteiger partial charge in [-0.25, -0.2) is 0 Å². The third kappa shape index (κ3) is 4.28. The number of carboxylic acids is 1. The molecule has 104 valence electrons. The fourth-order valence-corrected chi connectivity index (χ4v) is 1.78. The first-order valence-electron chi connectivity index (χ1n) is 6.07. The van der Waals surface area contributed by atoms with Gasteiger partial charge in [0.15, 0.2) is 0 Å². The predicted molar refractivity (Wildman–Crippen MR) is 71.6 cm³/mol. The lowest BCUT2D eigenvalue weighted by Gasteiger charge is -2.18. The molecule has 5 heteroatoms. The quantitative estimate of drug-likeness (QED) is 0.853. The standard InChI is InChI=1S/C14H19NO4/c1-10-9-11(19-3)6-7-12(10)14(18)15(2)8-4-5-13(16)17/h6-7,9H,4-5,8H2,1-3H3,(H,16,17). The maximum Gasteiger partial charge on any atom is 0.303 e. The lowest BCUT2D eigenvalue weighted by Crippen LogP contribution is -2.28. The Morgan fingerprint density at radius 3 is 2.58 bits per heavy atom. The first-order chi connectivity index (χ1) is 8.95. The van der Waals surface area contributed by atoms with Gasteiger partial charge in [-0.2, -0.15) is 0 Å². The molecular weight excluding hydrogens is 246 g/mol. The fourth-order valence-electron chi connectivity index (χ4n) is 1.78. The van der Waals surface area contributed by atoms with Crippen molar-refractivity contribution in [3.63, 3.8) is 0 Å². The topological polar surface area (TPSA) is 66.8 Å². The molecule has 0 atom stereocenters. The van der Waals surface area contributed by atoms with Crippen LogP contribution >= 0.6 is 0 Å². The van der Waals surface area contributed by atoms with E-state index in [4.69, 9.17) is 9.84 Å². The van der Waals surface area contributed by atoms with Gasteiger partial charge in [0.1, 0.15) is 5.75 Å². The fraction of sp³-hybridized carbons (Fsp3) is 0.429. The van der Waals surface area contributed by atoms with E-state index in [0.717, 1.165) is 5.56 Å². The summed E-state index contributed by atoms with van der Waals surface area (Å²) in [5.74, 6) is -0.241. The molecule has 0 bridgehead atoms. The van der Waals surface area contributed by atoms with Gasteiger partial charge in [0, 0.05) is 25.6 Å². The zero-order chi connectivity index (χ0) is 14.4. The van der Waals surface area contributed by atoms with Crippen molar-refractivity contribution >= 4 is 11.9 Å². The molecule has 1 rings (SSSR count). The van der Waals surface area contributed by atoms with Gasteiger partial charge >= 0.3 is 5.97 Å². The summed E-state index contributed by atoms with van der Waals surface area (Å²) < 4.78 is 5.09. The van der Waals surface area contributed by atoms with Crippen LogP contribution in [0, 0.1) is 6.92 Å². The molecule has 1 N–H and O–H groups in total. The molecule has 0 fully saturated rings. The Labute approximate surface area is 112 Å². The van der Waals surface area contributed by atoms with Gasteiger partial charge in [-0.05, 0) is 37.1 Å². The summed E-state index contributed by atoms with van der Waals surface area (Å²) in [5, 5.41) is 8.57. The smallest absolute Gasteiger partial charge is 0.303 e. The summed E-state index contributed by atoms with van der Waals surface area (Å²) in [7, 11) is 3.25. The Morgan fingerprint density at radius 1 is 1.37 bits per heavy atom. The van der Waals surface area contributed by atoms with Crippen LogP contribution < -0.4 is 4.74 Å². The molecule has 5 nitrogen and oxygen atoms in total. The molecule has 0 aliphatic carbocycles. The highest BCUT2D eigenvalue weighted by atomic mass is 16.5. The van der Waals surface area contributed by atoms with Gasteiger partial charge in [-0.1, -0.05) is 0 Å². The third-order valence-electron chi connectivity index (χ3n) is 2.89. The second-order valence-corrected chi connectivity index (χ2v) is 4.40. The van der Waals surface area contributed by atoms with Crippen LogP contribution in [0.25, 0.3) is 0 Å². The summed E-state index contributed by atoms with van der Waals surface area (Å²) in [5.41, 5.74) is 1.45. The number of carbonyl (C=O) groups is 2. The zero-order valence-electron chi connectivity index (χ0n) is 11.5. The SMILES string of the molecule is COc1ccc(C(=O)N(C)CCCC(=O)O)c(C)c1. The van der Waals surface area contributed by atoms with Crippen molar-refractivity contribution in [2.75, 3.05) is 20.7 Å². The average molecular weight is 265 g/mol. The van der Waals surface area contributed by atoms with E-state index >= 15 is 0 Å². The van der Waals surface area contributed by atoms with Gasteiger partial charge in [-0.15, -0.1) is 0 Å². The van der Waals surface area contributed by atoms with E-state index in [1.807, 2.05) is 6.92 Å². The maximum absolute atomic E-state index is 12.2. The number of benzene rings is 1. The number of hydrogen-bond donors (Lipinski definition) is 1. The van der Waals surface area contributed by atoms with E-state index in [2.05, 4.69) is 0 Å². The number of aryl methyl sites for hydroxylation is 1. The van der Waals surface area contributed by atoms with E-state index in [9.17, 15) is 9.59 Å².